The molecule has 0 saturated carbocycles. The zero-order valence-electron chi connectivity index (χ0n) is 7.88. The van der Waals surface area contributed by atoms with E-state index in [4.69, 9.17) is 9.52 Å². The van der Waals surface area contributed by atoms with Crippen molar-refractivity contribution in [2.45, 2.75) is 20.0 Å². The molecule has 0 atom stereocenters. The van der Waals surface area contributed by atoms with Crippen LogP contribution in [-0.4, -0.2) is 5.11 Å². The van der Waals surface area contributed by atoms with Gasteiger partial charge in [0.1, 0.15) is 11.3 Å². The van der Waals surface area contributed by atoms with Gasteiger partial charge in [0.15, 0.2) is 0 Å². The van der Waals surface area contributed by atoms with E-state index < -0.39 is 0 Å². The highest BCUT2D eigenvalue weighted by Crippen LogP contribution is 2.26. The summed E-state index contributed by atoms with van der Waals surface area (Å²) in [5.41, 5.74) is 1.87. The molecule has 1 heterocycles. The van der Waals surface area contributed by atoms with Gasteiger partial charge in [-0.2, -0.15) is 0 Å². The predicted molar refractivity (Wildman–Crippen MR) is 64.2 cm³/mol. The third-order valence-corrected chi connectivity index (χ3v) is 3.01. The number of hydrogen-bond donors (Lipinski definition) is 1. The molecule has 0 aliphatic carbocycles. The second kappa shape index (κ2) is 3.90. The van der Waals surface area contributed by atoms with Crippen molar-refractivity contribution in [3.8, 4) is 0 Å². The maximum Gasteiger partial charge on any atom is 0.147 e. The van der Waals surface area contributed by atoms with Crippen LogP contribution in [-0.2, 0) is 13.0 Å². The van der Waals surface area contributed by atoms with Crippen molar-refractivity contribution in [2.75, 3.05) is 0 Å². The number of rotatable bonds is 2. The zero-order chi connectivity index (χ0) is 10.1. The van der Waals surface area contributed by atoms with Gasteiger partial charge >= 0.3 is 0 Å². The van der Waals surface area contributed by atoms with Crippen molar-refractivity contribution >= 4 is 33.6 Å². The van der Waals surface area contributed by atoms with Gasteiger partial charge < -0.3 is 9.52 Å². The molecule has 1 aromatic carbocycles. The van der Waals surface area contributed by atoms with Crippen LogP contribution in [0.15, 0.2) is 22.6 Å². The lowest BCUT2D eigenvalue weighted by atomic mass is 10.1. The molecule has 0 radical (unpaired) electrons. The molecule has 0 aliphatic rings. The molecule has 2 nitrogen and oxygen atoms in total. The normalized spacial score (nSPS) is 11.1. The van der Waals surface area contributed by atoms with E-state index in [9.17, 15) is 0 Å². The summed E-state index contributed by atoms with van der Waals surface area (Å²) in [4.78, 5) is 0. The molecule has 14 heavy (non-hydrogen) atoms. The van der Waals surface area contributed by atoms with Gasteiger partial charge in [-0.15, -0.1) is 0 Å². The van der Waals surface area contributed by atoms with Gasteiger partial charge in [-0.1, -0.05) is 6.92 Å². The van der Waals surface area contributed by atoms with Gasteiger partial charge in [-0.25, -0.2) is 0 Å². The molecule has 0 amide bonds. The minimum atomic E-state index is 0.0819. The second-order valence-electron chi connectivity index (χ2n) is 3.22. The SMILES string of the molecule is CCc1cc2cc(CO)cc(I)c2o1. The number of aliphatic hydroxyl groups is 1. The third-order valence-electron chi connectivity index (χ3n) is 2.21. The van der Waals surface area contributed by atoms with Gasteiger partial charge in [0.25, 0.3) is 0 Å². The highest BCUT2D eigenvalue weighted by molar-refractivity contribution is 14.1. The topological polar surface area (TPSA) is 33.4 Å². The van der Waals surface area contributed by atoms with Crippen LogP contribution in [0.1, 0.15) is 18.2 Å². The molecular weight excluding hydrogens is 291 g/mol. The molecule has 0 aliphatic heterocycles. The van der Waals surface area contributed by atoms with E-state index in [1.807, 2.05) is 18.2 Å². The standard InChI is InChI=1S/C11H11IO2/c1-2-9-5-8-3-7(6-13)4-10(12)11(8)14-9/h3-5,13H,2,6H2,1H3. The van der Waals surface area contributed by atoms with Crippen LogP contribution in [0.4, 0.5) is 0 Å². The van der Waals surface area contributed by atoms with Gasteiger partial charge in [-0.3, -0.25) is 0 Å². The maximum atomic E-state index is 9.05. The van der Waals surface area contributed by atoms with Gasteiger partial charge in [0.05, 0.1) is 10.2 Å². The lowest BCUT2D eigenvalue weighted by Gasteiger charge is -1.97. The van der Waals surface area contributed by atoms with Crippen molar-refractivity contribution in [1.29, 1.82) is 0 Å². The Bertz CT molecular complexity index is 460. The van der Waals surface area contributed by atoms with E-state index >= 15 is 0 Å². The van der Waals surface area contributed by atoms with E-state index in [1.54, 1.807) is 0 Å². The van der Waals surface area contributed by atoms with Crippen LogP contribution in [0.3, 0.4) is 0 Å². The summed E-state index contributed by atoms with van der Waals surface area (Å²) >= 11 is 2.23. The van der Waals surface area contributed by atoms with Crippen molar-refractivity contribution in [1.82, 2.24) is 0 Å². The first-order valence-corrected chi connectivity index (χ1v) is 5.64. The summed E-state index contributed by atoms with van der Waals surface area (Å²) in [6, 6.07) is 5.96. The van der Waals surface area contributed by atoms with Crippen molar-refractivity contribution in [3.63, 3.8) is 0 Å². The number of hydrogen-bond acceptors (Lipinski definition) is 2. The Hall–Kier alpha value is -0.550. The zero-order valence-corrected chi connectivity index (χ0v) is 10.0. The average molecular weight is 302 g/mol. The summed E-state index contributed by atoms with van der Waals surface area (Å²) in [6.07, 6.45) is 0.902. The summed E-state index contributed by atoms with van der Waals surface area (Å²) in [5, 5.41) is 10.1. The molecule has 1 N–H and O–H groups in total. The summed E-state index contributed by atoms with van der Waals surface area (Å²) in [5.74, 6) is 0.994. The van der Waals surface area contributed by atoms with Crippen molar-refractivity contribution in [3.05, 3.63) is 33.1 Å². The molecule has 74 valence electrons. The lowest BCUT2D eigenvalue weighted by molar-refractivity contribution is 0.282. The van der Waals surface area contributed by atoms with Crippen LogP contribution < -0.4 is 0 Å². The largest absolute Gasteiger partial charge is 0.460 e. The number of halogens is 1. The Morgan fingerprint density at radius 3 is 2.79 bits per heavy atom. The third kappa shape index (κ3) is 1.66. The Balaban J connectivity index is 2.67. The molecule has 3 heteroatoms. The van der Waals surface area contributed by atoms with Crippen molar-refractivity contribution < 1.29 is 9.52 Å². The second-order valence-corrected chi connectivity index (χ2v) is 4.38. The molecule has 0 spiro atoms. The van der Waals surface area contributed by atoms with Gasteiger partial charge in [-0.05, 0) is 46.4 Å². The van der Waals surface area contributed by atoms with E-state index in [2.05, 4.69) is 29.5 Å². The predicted octanol–water partition coefficient (Wildman–Crippen LogP) is 3.09. The molecular formula is C11H11IO2. The number of aryl methyl sites for hydroxylation is 1. The van der Waals surface area contributed by atoms with E-state index in [0.29, 0.717) is 0 Å². The van der Waals surface area contributed by atoms with Crippen LogP contribution >= 0.6 is 22.6 Å². The first-order valence-electron chi connectivity index (χ1n) is 4.56. The molecule has 0 saturated heterocycles. The Morgan fingerprint density at radius 1 is 1.36 bits per heavy atom. The van der Waals surface area contributed by atoms with Crippen LogP contribution in [0.5, 0.6) is 0 Å². The van der Waals surface area contributed by atoms with E-state index in [0.717, 1.165) is 32.3 Å². The minimum absolute atomic E-state index is 0.0819. The molecule has 0 fully saturated rings. The first-order chi connectivity index (χ1) is 6.74. The monoisotopic (exact) mass is 302 g/mol. The number of furan rings is 1. The fourth-order valence-corrected chi connectivity index (χ4v) is 2.31. The molecule has 2 rings (SSSR count). The maximum absolute atomic E-state index is 9.05. The summed E-state index contributed by atoms with van der Waals surface area (Å²) in [6.45, 7) is 2.15. The van der Waals surface area contributed by atoms with Crippen LogP contribution in [0, 0.1) is 3.57 Å². The Labute approximate surface area is 96.1 Å². The average Bonchev–Trinajstić information content (AvgIpc) is 2.61. The molecule has 0 unspecified atom stereocenters. The number of benzene rings is 1. The first kappa shape index (κ1) is 9.98. The van der Waals surface area contributed by atoms with Crippen molar-refractivity contribution in [2.24, 2.45) is 0 Å². The summed E-state index contributed by atoms with van der Waals surface area (Å²) < 4.78 is 6.72. The minimum Gasteiger partial charge on any atom is -0.460 e. The van der Waals surface area contributed by atoms with E-state index in [1.165, 1.54) is 0 Å². The smallest absolute Gasteiger partial charge is 0.147 e. The quantitative estimate of drug-likeness (QED) is 0.865. The van der Waals surface area contributed by atoms with Crippen LogP contribution in [0.2, 0.25) is 0 Å². The highest BCUT2D eigenvalue weighted by atomic mass is 127. The fraction of sp³-hybridized carbons (Fsp3) is 0.273. The summed E-state index contributed by atoms with van der Waals surface area (Å²) in [7, 11) is 0. The molecule has 2 aromatic rings. The van der Waals surface area contributed by atoms with E-state index in [-0.39, 0.29) is 6.61 Å². The Kier molecular flexibility index (Phi) is 2.78. The molecule has 0 bridgehead atoms. The highest BCUT2D eigenvalue weighted by Gasteiger charge is 2.07. The fourth-order valence-electron chi connectivity index (χ4n) is 1.49. The van der Waals surface area contributed by atoms with Gasteiger partial charge in [0, 0.05) is 11.8 Å². The number of fused-ring (bicyclic) bond motifs is 1. The lowest BCUT2D eigenvalue weighted by Crippen LogP contribution is -1.83. The van der Waals surface area contributed by atoms with Crippen LogP contribution in [0.25, 0.3) is 11.0 Å². The van der Waals surface area contributed by atoms with Gasteiger partial charge in [0.2, 0.25) is 0 Å². The number of aliphatic hydroxyl groups excluding tert-OH is 1. The molecule has 1 aromatic heterocycles. The Morgan fingerprint density at radius 2 is 2.14 bits per heavy atom.